The lowest BCUT2D eigenvalue weighted by Gasteiger charge is -2.21. The first kappa shape index (κ1) is 14.7. The summed E-state index contributed by atoms with van der Waals surface area (Å²) in [5.41, 5.74) is 1.17. The highest BCUT2D eigenvalue weighted by Gasteiger charge is 2.27. The van der Waals surface area contributed by atoms with Crippen molar-refractivity contribution in [1.29, 1.82) is 0 Å². The van der Waals surface area contributed by atoms with Gasteiger partial charge in [-0.15, -0.1) is 0 Å². The van der Waals surface area contributed by atoms with Gasteiger partial charge in [0.2, 0.25) is 0 Å². The second-order valence-electron chi connectivity index (χ2n) is 4.47. The molecule has 0 N–H and O–H groups in total. The van der Waals surface area contributed by atoms with Crippen molar-refractivity contribution in [3.63, 3.8) is 0 Å². The van der Waals surface area contributed by atoms with Gasteiger partial charge in [0.05, 0.1) is 19.3 Å². The molecule has 2 rings (SSSR count). The maximum absolute atomic E-state index is 5.96. The highest BCUT2D eigenvalue weighted by Crippen LogP contribution is 2.22. The molecule has 1 heterocycles. The fourth-order valence-corrected chi connectivity index (χ4v) is 3.40. The van der Waals surface area contributed by atoms with E-state index in [-0.39, 0.29) is 12.2 Å². The zero-order valence-electron chi connectivity index (χ0n) is 11.7. The van der Waals surface area contributed by atoms with Gasteiger partial charge in [-0.3, -0.25) is 0 Å². The number of hydrogen-bond acceptors (Lipinski definition) is 4. The molecule has 105 valence electrons. The maximum atomic E-state index is 5.96. The Labute approximate surface area is 116 Å². The summed E-state index contributed by atoms with van der Waals surface area (Å²) >= 11 is 0. The van der Waals surface area contributed by atoms with Gasteiger partial charge < -0.3 is 18.3 Å². The van der Waals surface area contributed by atoms with Crippen LogP contribution in [0.15, 0.2) is 24.3 Å². The smallest absolute Gasteiger partial charge is 0.393 e. The topological polar surface area (TPSA) is 40.2 Å². The van der Waals surface area contributed by atoms with E-state index in [0.29, 0.717) is 6.61 Å². The standard InChI is InChI=1S/C14H21O4Si/c1-4-13(18-10-11-9-17-11)12-7-5-6-8-14(12)19(15-2)16-3/h5-8,11,13H,4,9-10H2,1-3H3. The third-order valence-corrected chi connectivity index (χ3v) is 4.79. The van der Waals surface area contributed by atoms with Crippen molar-refractivity contribution in [1.82, 2.24) is 0 Å². The van der Waals surface area contributed by atoms with Gasteiger partial charge in [0.1, 0.15) is 6.10 Å². The fraction of sp³-hybridized carbons (Fsp3) is 0.571. The van der Waals surface area contributed by atoms with Crippen LogP contribution in [0.2, 0.25) is 0 Å². The Morgan fingerprint density at radius 1 is 1.32 bits per heavy atom. The van der Waals surface area contributed by atoms with Gasteiger partial charge in [-0.25, -0.2) is 0 Å². The molecule has 0 aromatic heterocycles. The Bertz CT molecular complexity index is 391. The molecule has 0 aliphatic carbocycles. The third kappa shape index (κ3) is 3.87. The van der Waals surface area contributed by atoms with Crippen LogP contribution in [0.1, 0.15) is 25.0 Å². The second-order valence-corrected chi connectivity index (χ2v) is 6.40. The third-order valence-electron chi connectivity index (χ3n) is 3.15. The summed E-state index contributed by atoms with van der Waals surface area (Å²) in [7, 11) is 1.96. The Morgan fingerprint density at radius 3 is 2.58 bits per heavy atom. The predicted molar refractivity (Wildman–Crippen MR) is 74.6 cm³/mol. The quantitative estimate of drug-likeness (QED) is 0.535. The van der Waals surface area contributed by atoms with Crippen LogP contribution >= 0.6 is 0 Å². The largest absolute Gasteiger partial charge is 0.423 e. The molecule has 1 aliphatic rings. The minimum absolute atomic E-state index is 0.0747. The van der Waals surface area contributed by atoms with E-state index in [0.717, 1.165) is 18.2 Å². The van der Waals surface area contributed by atoms with Gasteiger partial charge in [-0.1, -0.05) is 31.2 Å². The van der Waals surface area contributed by atoms with Crippen molar-refractivity contribution < 1.29 is 18.3 Å². The first-order valence-corrected chi connectivity index (χ1v) is 7.89. The Balaban J connectivity index is 2.14. The summed E-state index contributed by atoms with van der Waals surface area (Å²) in [5.74, 6) is 0. The average molecular weight is 281 g/mol. The Kier molecular flexibility index (Phi) is 5.54. The summed E-state index contributed by atoms with van der Waals surface area (Å²) in [6, 6.07) is 8.21. The summed E-state index contributed by atoms with van der Waals surface area (Å²) in [5, 5.41) is 1.13. The average Bonchev–Trinajstić information content (AvgIpc) is 3.26. The molecule has 1 radical (unpaired) electrons. The first-order valence-electron chi connectivity index (χ1n) is 6.57. The lowest BCUT2D eigenvalue weighted by atomic mass is 10.1. The number of epoxide rings is 1. The van der Waals surface area contributed by atoms with Gasteiger partial charge in [0.15, 0.2) is 0 Å². The SMILES string of the molecule is CCC(OCC1CO1)c1ccccc1[Si](OC)OC. The summed E-state index contributed by atoms with van der Waals surface area (Å²) in [6.07, 6.45) is 1.29. The molecule has 1 aromatic carbocycles. The van der Waals surface area contributed by atoms with Gasteiger partial charge in [-0.05, 0) is 12.0 Å². The van der Waals surface area contributed by atoms with Gasteiger partial charge in [0.25, 0.3) is 0 Å². The molecular weight excluding hydrogens is 260 g/mol. The number of rotatable bonds is 8. The molecule has 2 unspecified atom stereocenters. The van der Waals surface area contributed by atoms with Gasteiger partial charge in [0, 0.05) is 19.4 Å². The van der Waals surface area contributed by atoms with Crippen LogP contribution in [0.4, 0.5) is 0 Å². The van der Waals surface area contributed by atoms with Crippen molar-refractivity contribution in [2.75, 3.05) is 27.4 Å². The van der Waals surface area contributed by atoms with Crippen LogP contribution < -0.4 is 5.19 Å². The highest BCUT2D eigenvalue weighted by molar-refractivity contribution is 6.61. The minimum atomic E-state index is -1.42. The molecule has 1 saturated heterocycles. The summed E-state index contributed by atoms with van der Waals surface area (Å²) in [4.78, 5) is 0. The molecule has 0 bridgehead atoms. The highest BCUT2D eigenvalue weighted by atomic mass is 28.3. The van der Waals surface area contributed by atoms with Gasteiger partial charge >= 0.3 is 9.28 Å². The molecule has 0 saturated carbocycles. The van der Waals surface area contributed by atoms with E-state index < -0.39 is 9.28 Å². The van der Waals surface area contributed by atoms with E-state index in [9.17, 15) is 0 Å². The van der Waals surface area contributed by atoms with E-state index in [1.807, 2.05) is 12.1 Å². The van der Waals surface area contributed by atoms with Crippen LogP contribution in [0.5, 0.6) is 0 Å². The lowest BCUT2D eigenvalue weighted by Crippen LogP contribution is -2.38. The summed E-state index contributed by atoms with van der Waals surface area (Å²) < 4.78 is 22.1. The Hall–Kier alpha value is -0.723. The zero-order chi connectivity index (χ0) is 13.7. The molecular formula is C14H21O4Si. The number of hydrogen-bond donors (Lipinski definition) is 0. The monoisotopic (exact) mass is 281 g/mol. The van der Waals surface area contributed by atoms with Gasteiger partial charge in [-0.2, -0.15) is 0 Å². The molecule has 0 spiro atoms. The van der Waals surface area contributed by atoms with Crippen molar-refractivity contribution in [3.8, 4) is 0 Å². The number of benzene rings is 1. The van der Waals surface area contributed by atoms with Crippen LogP contribution in [0.3, 0.4) is 0 Å². The van der Waals surface area contributed by atoms with E-state index >= 15 is 0 Å². The Morgan fingerprint density at radius 2 is 2.00 bits per heavy atom. The van der Waals surface area contributed by atoms with Crippen LogP contribution in [0, 0.1) is 0 Å². The molecule has 1 aromatic rings. The van der Waals surface area contributed by atoms with Crippen LogP contribution in [-0.2, 0) is 18.3 Å². The van der Waals surface area contributed by atoms with Crippen LogP contribution in [0.25, 0.3) is 0 Å². The lowest BCUT2D eigenvalue weighted by molar-refractivity contribution is 0.0399. The van der Waals surface area contributed by atoms with Crippen LogP contribution in [-0.4, -0.2) is 42.8 Å². The van der Waals surface area contributed by atoms with Crippen molar-refractivity contribution >= 4 is 14.5 Å². The van der Waals surface area contributed by atoms with E-state index in [2.05, 4.69) is 19.1 Å². The van der Waals surface area contributed by atoms with E-state index in [4.69, 9.17) is 18.3 Å². The fourth-order valence-electron chi connectivity index (χ4n) is 2.08. The minimum Gasteiger partial charge on any atom is -0.393 e. The van der Waals surface area contributed by atoms with E-state index in [1.165, 1.54) is 5.56 Å². The van der Waals surface area contributed by atoms with E-state index in [1.54, 1.807) is 14.2 Å². The molecule has 2 atom stereocenters. The molecule has 1 aliphatic heterocycles. The summed E-state index contributed by atoms with van der Waals surface area (Å²) in [6.45, 7) is 3.61. The molecule has 0 amide bonds. The number of ether oxygens (including phenoxy) is 2. The van der Waals surface area contributed by atoms with Crippen molar-refractivity contribution in [2.24, 2.45) is 0 Å². The molecule has 19 heavy (non-hydrogen) atoms. The second kappa shape index (κ2) is 7.16. The van der Waals surface area contributed by atoms with Crippen molar-refractivity contribution in [3.05, 3.63) is 29.8 Å². The predicted octanol–water partition coefficient (Wildman–Crippen LogP) is 1.54. The zero-order valence-corrected chi connectivity index (χ0v) is 12.7. The molecule has 5 heteroatoms. The maximum Gasteiger partial charge on any atom is 0.423 e. The molecule has 1 fully saturated rings. The first-order chi connectivity index (χ1) is 9.30. The molecule has 4 nitrogen and oxygen atoms in total. The normalized spacial score (nSPS) is 19.7. The van der Waals surface area contributed by atoms with Crippen molar-refractivity contribution in [2.45, 2.75) is 25.6 Å².